The van der Waals surface area contributed by atoms with Crippen molar-refractivity contribution in [2.45, 2.75) is 0 Å². The first kappa shape index (κ1) is 6.53. The maximum atomic E-state index is 10.1. The fourth-order valence-electron chi connectivity index (χ4n) is 0.0983. The van der Waals surface area contributed by atoms with Crippen LogP contribution in [0.3, 0.4) is 0 Å². The summed E-state index contributed by atoms with van der Waals surface area (Å²) in [6, 6.07) is 0. The molecule has 0 aliphatic heterocycles. The van der Waals surface area contributed by atoms with Crippen molar-refractivity contribution in [3.63, 3.8) is 0 Å². The fourth-order valence-corrected chi connectivity index (χ4v) is 0.295. The average Bonchev–Trinajstić information content (AvgIpc) is 1.65. The lowest BCUT2D eigenvalue weighted by molar-refractivity contribution is 0.425. The zero-order chi connectivity index (χ0) is 5.86. The Kier molecular flexibility index (Phi) is 2.48. The molecule has 1 atom stereocenters. The van der Waals surface area contributed by atoms with E-state index in [1.54, 1.807) is 0 Å². The maximum absolute atomic E-state index is 10.1. The van der Waals surface area contributed by atoms with Gasteiger partial charge in [0.2, 0.25) is 0 Å². The third-order valence-corrected chi connectivity index (χ3v) is 1.09. The second-order valence-corrected chi connectivity index (χ2v) is 2.19. The number of amidine groups is 1. The van der Waals surface area contributed by atoms with Gasteiger partial charge in [-0.15, -0.1) is 4.52 Å². The van der Waals surface area contributed by atoms with Gasteiger partial charge < -0.3 is 5.73 Å². The van der Waals surface area contributed by atoms with Crippen molar-refractivity contribution in [2.24, 2.45) is 5.73 Å². The molecular formula is C2H6N2O2P+. The molecule has 0 aromatic rings. The number of nitrogens with two attached hydrogens (primary N) is 1. The first-order valence-electron chi connectivity index (χ1n) is 1.54. The molecule has 0 heterocycles. The summed E-state index contributed by atoms with van der Waals surface area (Å²) >= 11 is 0. The Morgan fingerprint density at radius 3 is 2.43 bits per heavy atom. The van der Waals surface area contributed by atoms with Gasteiger partial charge in [0, 0.05) is 0 Å². The predicted octanol–water partition coefficient (Wildman–Crippen LogP) is 0.269. The summed E-state index contributed by atoms with van der Waals surface area (Å²) in [5.74, 6) is 0. The third-order valence-electron chi connectivity index (χ3n) is 0.363. The lowest BCUT2D eigenvalue weighted by Gasteiger charge is -1.70. The van der Waals surface area contributed by atoms with Gasteiger partial charge in [-0.05, 0) is 4.57 Å². The smallest absolute Gasteiger partial charge is 0.343 e. The highest BCUT2D eigenvalue weighted by atomic mass is 31.1. The molecule has 5 heteroatoms. The van der Waals surface area contributed by atoms with E-state index in [0.717, 1.165) is 0 Å². The van der Waals surface area contributed by atoms with Crippen LogP contribution in [0.4, 0.5) is 0 Å². The molecule has 3 N–H and O–H groups in total. The largest absolute Gasteiger partial charge is 0.587 e. The van der Waals surface area contributed by atoms with E-state index in [9.17, 15) is 4.57 Å². The van der Waals surface area contributed by atoms with E-state index >= 15 is 0 Å². The van der Waals surface area contributed by atoms with Crippen LogP contribution in [0, 0.1) is 5.41 Å². The first-order chi connectivity index (χ1) is 3.18. The van der Waals surface area contributed by atoms with Crippen molar-refractivity contribution in [2.75, 3.05) is 7.11 Å². The second-order valence-electron chi connectivity index (χ2n) is 0.825. The van der Waals surface area contributed by atoms with Crippen LogP contribution in [-0.2, 0) is 9.09 Å². The van der Waals surface area contributed by atoms with Crippen molar-refractivity contribution in [3.8, 4) is 0 Å². The lowest BCUT2D eigenvalue weighted by Crippen LogP contribution is -2.03. The summed E-state index contributed by atoms with van der Waals surface area (Å²) in [5, 5.41) is 6.47. The Bertz CT molecular complexity index is 102. The van der Waals surface area contributed by atoms with Gasteiger partial charge in [0.05, 0.1) is 7.11 Å². The minimum absolute atomic E-state index is 0.419. The van der Waals surface area contributed by atoms with Crippen molar-refractivity contribution < 1.29 is 9.09 Å². The molecule has 7 heavy (non-hydrogen) atoms. The normalized spacial score (nSPS) is 10.7. The fraction of sp³-hybridized carbons (Fsp3) is 0.500. The highest BCUT2D eigenvalue weighted by Crippen LogP contribution is 2.17. The summed E-state index contributed by atoms with van der Waals surface area (Å²) in [6.45, 7) is 0. The SMILES string of the molecule is CO[P+](=O)C(=N)N. The van der Waals surface area contributed by atoms with Gasteiger partial charge in [-0.1, -0.05) is 0 Å². The summed E-state index contributed by atoms with van der Waals surface area (Å²) in [6.07, 6.45) is 0. The summed E-state index contributed by atoms with van der Waals surface area (Å²) in [5.41, 5.74) is 4.30. The third kappa shape index (κ3) is 2.25. The molecule has 0 amide bonds. The Balaban J connectivity index is 3.58. The highest BCUT2D eigenvalue weighted by molar-refractivity contribution is 7.59. The van der Waals surface area contributed by atoms with Crippen molar-refractivity contribution >= 4 is 13.6 Å². The molecule has 0 aromatic carbocycles. The van der Waals surface area contributed by atoms with Crippen LogP contribution in [0.5, 0.6) is 0 Å². The summed E-state index contributed by atoms with van der Waals surface area (Å²) in [7, 11) is -0.790. The van der Waals surface area contributed by atoms with Crippen LogP contribution in [0.1, 0.15) is 0 Å². The van der Waals surface area contributed by atoms with Crippen LogP contribution in [-0.4, -0.2) is 12.7 Å². The Hall–Kier alpha value is -0.470. The molecule has 1 unspecified atom stereocenters. The van der Waals surface area contributed by atoms with Crippen LogP contribution in [0.2, 0.25) is 0 Å². The van der Waals surface area contributed by atoms with E-state index < -0.39 is 13.6 Å². The van der Waals surface area contributed by atoms with Gasteiger partial charge in [-0.2, -0.15) is 0 Å². The number of hydrogen-bond acceptors (Lipinski definition) is 3. The maximum Gasteiger partial charge on any atom is 0.587 e. The van der Waals surface area contributed by atoms with E-state index in [2.05, 4.69) is 4.52 Å². The minimum atomic E-state index is -2.03. The van der Waals surface area contributed by atoms with E-state index in [1.807, 2.05) is 0 Å². The molecule has 0 aromatic heterocycles. The van der Waals surface area contributed by atoms with Gasteiger partial charge in [-0.25, -0.2) is 5.41 Å². The van der Waals surface area contributed by atoms with Crippen molar-refractivity contribution in [3.05, 3.63) is 0 Å². The van der Waals surface area contributed by atoms with Crippen LogP contribution in [0.15, 0.2) is 0 Å². The molecule has 4 nitrogen and oxygen atoms in total. The molecule has 0 aliphatic carbocycles. The molecular weight excluding hydrogens is 115 g/mol. The molecule has 0 fully saturated rings. The van der Waals surface area contributed by atoms with E-state index in [1.165, 1.54) is 7.11 Å². The molecule has 0 saturated heterocycles. The highest BCUT2D eigenvalue weighted by Gasteiger charge is 2.19. The van der Waals surface area contributed by atoms with Crippen molar-refractivity contribution in [1.82, 2.24) is 0 Å². The topological polar surface area (TPSA) is 76.2 Å². The van der Waals surface area contributed by atoms with Gasteiger partial charge >= 0.3 is 13.6 Å². The number of nitrogens with one attached hydrogen (secondary N) is 1. The Labute approximate surface area is 42.0 Å². The van der Waals surface area contributed by atoms with Gasteiger partial charge in [0.25, 0.3) is 0 Å². The quantitative estimate of drug-likeness (QED) is 0.312. The Morgan fingerprint density at radius 1 is 2.00 bits per heavy atom. The van der Waals surface area contributed by atoms with Crippen LogP contribution in [0.25, 0.3) is 0 Å². The average molecular weight is 121 g/mol. The summed E-state index contributed by atoms with van der Waals surface area (Å²) < 4.78 is 14.3. The molecule has 0 saturated carbocycles. The monoisotopic (exact) mass is 121 g/mol. The molecule has 0 spiro atoms. The van der Waals surface area contributed by atoms with Gasteiger partial charge in [-0.3, -0.25) is 0 Å². The molecule has 0 aliphatic rings. The molecule has 0 radical (unpaired) electrons. The number of rotatable bonds is 2. The summed E-state index contributed by atoms with van der Waals surface area (Å²) in [4.78, 5) is 0. The molecule has 0 bridgehead atoms. The Morgan fingerprint density at radius 2 is 2.43 bits per heavy atom. The zero-order valence-corrected chi connectivity index (χ0v) is 4.74. The molecule has 40 valence electrons. The number of hydrogen-bond donors (Lipinski definition) is 2. The van der Waals surface area contributed by atoms with E-state index in [-0.39, 0.29) is 0 Å². The minimum Gasteiger partial charge on any atom is -0.343 e. The van der Waals surface area contributed by atoms with Gasteiger partial charge in [0.1, 0.15) is 0 Å². The predicted molar refractivity (Wildman–Crippen MR) is 26.5 cm³/mol. The standard InChI is InChI=1S/C2H6N2O2P/c1-6-7(5)2(3)4/h1H3,(H3,3,4)/q+1. The van der Waals surface area contributed by atoms with Crippen LogP contribution < -0.4 is 5.73 Å². The zero-order valence-electron chi connectivity index (χ0n) is 3.84. The van der Waals surface area contributed by atoms with Crippen molar-refractivity contribution in [1.29, 1.82) is 5.41 Å². The molecule has 0 rings (SSSR count). The van der Waals surface area contributed by atoms with E-state index in [0.29, 0.717) is 0 Å². The van der Waals surface area contributed by atoms with E-state index in [4.69, 9.17) is 11.1 Å². The van der Waals surface area contributed by atoms with Gasteiger partial charge in [0.15, 0.2) is 0 Å². The van der Waals surface area contributed by atoms with Crippen LogP contribution >= 0.6 is 8.03 Å². The first-order valence-corrected chi connectivity index (χ1v) is 2.71. The lowest BCUT2D eigenvalue weighted by atomic mass is 11.4. The second kappa shape index (κ2) is 2.66.